The SMILES string of the molecule is C[C@@H](NC(=O)C[NH+]1CCN(S(=O)(=O)c2ccc(Cl)s2)CC1)c1ccco1. The van der Waals surface area contributed by atoms with Crippen LogP contribution in [0.4, 0.5) is 0 Å². The lowest BCUT2D eigenvalue weighted by Gasteiger charge is -2.31. The second kappa shape index (κ2) is 8.10. The molecule has 142 valence electrons. The maximum absolute atomic E-state index is 12.6. The van der Waals surface area contributed by atoms with Crippen LogP contribution < -0.4 is 10.2 Å². The van der Waals surface area contributed by atoms with Gasteiger partial charge in [-0.3, -0.25) is 4.79 Å². The van der Waals surface area contributed by atoms with E-state index in [1.807, 2.05) is 13.0 Å². The third kappa shape index (κ3) is 4.47. The van der Waals surface area contributed by atoms with Crippen molar-refractivity contribution in [1.29, 1.82) is 0 Å². The van der Waals surface area contributed by atoms with Gasteiger partial charge in [0.15, 0.2) is 6.54 Å². The van der Waals surface area contributed by atoms with E-state index in [0.717, 1.165) is 16.2 Å². The van der Waals surface area contributed by atoms with E-state index in [2.05, 4.69) is 5.32 Å². The van der Waals surface area contributed by atoms with Crippen LogP contribution in [0.5, 0.6) is 0 Å². The van der Waals surface area contributed by atoms with Gasteiger partial charge >= 0.3 is 0 Å². The third-order valence-electron chi connectivity index (χ3n) is 4.33. The van der Waals surface area contributed by atoms with Gasteiger partial charge < -0.3 is 14.6 Å². The average molecular weight is 419 g/mol. The second-order valence-electron chi connectivity index (χ2n) is 6.19. The Bertz CT molecular complexity index is 843. The summed E-state index contributed by atoms with van der Waals surface area (Å²) in [5.74, 6) is 0.629. The lowest BCUT2D eigenvalue weighted by molar-refractivity contribution is -0.895. The van der Waals surface area contributed by atoms with Gasteiger partial charge in [0.1, 0.15) is 9.97 Å². The molecule has 0 unspecified atom stereocenters. The monoisotopic (exact) mass is 418 g/mol. The molecule has 3 rings (SSSR count). The third-order valence-corrected chi connectivity index (χ3v) is 7.93. The van der Waals surface area contributed by atoms with Crippen molar-refractivity contribution in [2.24, 2.45) is 0 Å². The van der Waals surface area contributed by atoms with Crippen LogP contribution in [-0.4, -0.2) is 51.4 Å². The fraction of sp³-hybridized carbons (Fsp3) is 0.438. The lowest BCUT2D eigenvalue weighted by Crippen LogP contribution is -3.15. The summed E-state index contributed by atoms with van der Waals surface area (Å²) < 4.78 is 32.6. The molecule has 0 aliphatic carbocycles. The molecule has 1 amide bonds. The number of hydrogen-bond acceptors (Lipinski definition) is 5. The van der Waals surface area contributed by atoms with Gasteiger partial charge in [0.05, 0.1) is 42.8 Å². The van der Waals surface area contributed by atoms with E-state index in [9.17, 15) is 13.2 Å². The molecule has 0 radical (unpaired) electrons. The smallest absolute Gasteiger partial charge is 0.275 e. The zero-order chi connectivity index (χ0) is 18.7. The number of amides is 1. The molecule has 0 aromatic carbocycles. The van der Waals surface area contributed by atoms with Gasteiger partial charge in [-0.05, 0) is 31.2 Å². The number of furan rings is 1. The van der Waals surface area contributed by atoms with Crippen LogP contribution in [0.25, 0.3) is 0 Å². The Morgan fingerprint density at radius 2 is 2.12 bits per heavy atom. The molecule has 0 bridgehead atoms. The molecule has 2 N–H and O–H groups in total. The highest BCUT2D eigenvalue weighted by Crippen LogP contribution is 2.27. The number of thiophene rings is 1. The summed E-state index contributed by atoms with van der Waals surface area (Å²) in [5.41, 5.74) is 0. The molecule has 1 saturated heterocycles. The van der Waals surface area contributed by atoms with E-state index in [4.69, 9.17) is 16.0 Å². The van der Waals surface area contributed by atoms with Crippen LogP contribution in [0.1, 0.15) is 18.7 Å². The van der Waals surface area contributed by atoms with E-state index in [0.29, 0.717) is 42.8 Å². The largest absolute Gasteiger partial charge is 0.467 e. The van der Waals surface area contributed by atoms with E-state index in [-0.39, 0.29) is 16.2 Å². The number of sulfonamides is 1. The van der Waals surface area contributed by atoms with Crippen molar-refractivity contribution in [1.82, 2.24) is 9.62 Å². The van der Waals surface area contributed by atoms with E-state index >= 15 is 0 Å². The zero-order valence-corrected chi connectivity index (χ0v) is 16.7. The minimum atomic E-state index is -3.50. The number of carbonyl (C=O) groups is 1. The molecule has 0 saturated carbocycles. The minimum Gasteiger partial charge on any atom is -0.467 e. The predicted octanol–water partition coefficient (Wildman–Crippen LogP) is 0.761. The number of carbonyl (C=O) groups excluding carboxylic acids is 1. The fourth-order valence-corrected chi connectivity index (χ4v) is 5.99. The summed E-state index contributed by atoms with van der Waals surface area (Å²) in [6.45, 7) is 4.11. The van der Waals surface area contributed by atoms with Crippen molar-refractivity contribution < 1.29 is 22.5 Å². The number of nitrogens with one attached hydrogen (secondary N) is 2. The highest BCUT2D eigenvalue weighted by atomic mass is 35.5. The first kappa shape index (κ1) is 19.4. The minimum absolute atomic E-state index is 0.0785. The van der Waals surface area contributed by atoms with Gasteiger partial charge in [0, 0.05) is 0 Å². The maximum Gasteiger partial charge on any atom is 0.275 e. The molecule has 3 heterocycles. The highest BCUT2D eigenvalue weighted by molar-refractivity contribution is 7.91. The average Bonchev–Trinajstić information content (AvgIpc) is 3.27. The van der Waals surface area contributed by atoms with Crippen LogP contribution in [0.2, 0.25) is 4.34 Å². The standard InChI is InChI=1S/C16H20ClN3O4S2/c1-12(13-3-2-10-24-13)18-15(21)11-19-6-8-20(9-7-19)26(22,23)16-5-4-14(17)25-16/h2-5,10,12H,6-9,11H2,1H3,(H,18,21)/p+1/t12-/m1/s1. The first-order valence-electron chi connectivity index (χ1n) is 8.28. The van der Waals surface area contributed by atoms with Crippen LogP contribution in [0.3, 0.4) is 0 Å². The first-order valence-corrected chi connectivity index (χ1v) is 10.9. The van der Waals surface area contributed by atoms with Crippen LogP contribution in [0, 0.1) is 0 Å². The summed E-state index contributed by atoms with van der Waals surface area (Å²) in [6.07, 6.45) is 1.57. The van der Waals surface area contributed by atoms with Crippen molar-refractivity contribution >= 4 is 38.9 Å². The topological polar surface area (TPSA) is 84.1 Å². The summed E-state index contributed by atoms with van der Waals surface area (Å²) in [4.78, 5) is 13.3. The molecule has 0 spiro atoms. The molecule has 1 fully saturated rings. The lowest BCUT2D eigenvalue weighted by atomic mass is 10.2. The second-order valence-corrected chi connectivity index (χ2v) is 10.1. The summed E-state index contributed by atoms with van der Waals surface area (Å²) >= 11 is 6.91. The Morgan fingerprint density at radius 1 is 1.38 bits per heavy atom. The highest BCUT2D eigenvalue weighted by Gasteiger charge is 2.32. The van der Waals surface area contributed by atoms with Gasteiger partial charge in [0.25, 0.3) is 15.9 Å². The van der Waals surface area contributed by atoms with Crippen molar-refractivity contribution in [3.8, 4) is 0 Å². The molecule has 10 heteroatoms. The Morgan fingerprint density at radius 3 is 2.69 bits per heavy atom. The molecule has 26 heavy (non-hydrogen) atoms. The number of piperazine rings is 1. The van der Waals surface area contributed by atoms with Crippen LogP contribution in [-0.2, 0) is 14.8 Å². The molecule has 7 nitrogen and oxygen atoms in total. The van der Waals surface area contributed by atoms with Crippen molar-refractivity contribution in [3.05, 3.63) is 40.6 Å². The van der Waals surface area contributed by atoms with E-state index in [1.54, 1.807) is 18.4 Å². The normalized spacial score (nSPS) is 17.9. The molecule has 1 atom stereocenters. The van der Waals surface area contributed by atoms with Crippen LogP contribution in [0.15, 0.2) is 39.2 Å². The Labute approximate surface area is 161 Å². The Balaban J connectivity index is 1.50. The van der Waals surface area contributed by atoms with Crippen molar-refractivity contribution in [3.63, 3.8) is 0 Å². The van der Waals surface area contributed by atoms with Gasteiger partial charge in [0.2, 0.25) is 0 Å². The Hall–Kier alpha value is -1.39. The van der Waals surface area contributed by atoms with Gasteiger partial charge in [-0.25, -0.2) is 8.42 Å². The number of rotatable bonds is 6. The molecule has 2 aromatic heterocycles. The number of nitrogens with zero attached hydrogens (tertiary/aromatic N) is 1. The predicted molar refractivity (Wildman–Crippen MR) is 98.9 cm³/mol. The van der Waals surface area contributed by atoms with Gasteiger partial charge in [-0.15, -0.1) is 11.3 Å². The van der Waals surface area contributed by atoms with Crippen LogP contribution >= 0.6 is 22.9 Å². The molecule has 2 aromatic rings. The quantitative estimate of drug-likeness (QED) is 0.725. The zero-order valence-electron chi connectivity index (χ0n) is 14.3. The maximum atomic E-state index is 12.6. The number of hydrogen-bond donors (Lipinski definition) is 2. The summed E-state index contributed by atoms with van der Waals surface area (Å²) in [6, 6.07) is 6.53. The Kier molecular flexibility index (Phi) is 6.03. The summed E-state index contributed by atoms with van der Waals surface area (Å²) in [5, 5.41) is 2.90. The fourth-order valence-electron chi connectivity index (χ4n) is 2.91. The van der Waals surface area contributed by atoms with E-state index < -0.39 is 10.0 Å². The van der Waals surface area contributed by atoms with Gasteiger partial charge in [-0.2, -0.15) is 4.31 Å². The molecular formula is C16H21ClN3O4S2+. The molecule has 1 aliphatic rings. The number of halogens is 1. The summed E-state index contributed by atoms with van der Waals surface area (Å²) in [7, 11) is -3.50. The van der Waals surface area contributed by atoms with Crippen molar-refractivity contribution in [2.75, 3.05) is 32.7 Å². The first-order chi connectivity index (χ1) is 12.4. The van der Waals surface area contributed by atoms with Crippen molar-refractivity contribution in [2.45, 2.75) is 17.2 Å². The van der Waals surface area contributed by atoms with E-state index in [1.165, 1.54) is 10.4 Å². The number of quaternary nitrogens is 1. The van der Waals surface area contributed by atoms with Gasteiger partial charge in [-0.1, -0.05) is 11.6 Å². The molecule has 1 aliphatic heterocycles. The molecular weight excluding hydrogens is 398 g/mol.